The van der Waals surface area contributed by atoms with Crippen LogP contribution in [0.4, 0.5) is 0 Å². The van der Waals surface area contributed by atoms with E-state index < -0.39 is 18.0 Å². The fraction of sp³-hybridized carbons (Fsp3) is 0.714. The SMILES string of the molecule is CC.NC(CCC(=O)O)C(=O)O. The summed E-state index contributed by atoms with van der Waals surface area (Å²) in [4.78, 5) is 19.9. The van der Waals surface area contributed by atoms with E-state index in [4.69, 9.17) is 15.9 Å². The van der Waals surface area contributed by atoms with Crippen LogP contribution in [0.5, 0.6) is 0 Å². The molecule has 0 aliphatic carbocycles. The Hall–Kier alpha value is -1.10. The van der Waals surface area contributed by atoms with Crippen LogP contribution >= 0.6 is 0 Å². The third-order valence-electron chi connectivity index (χ3n) is 0.986. The molecule has 5 nitrogen and oxygen atoms in total. The Bertz CT molecular complexity index is 146. The summed E-state index contributed by atoms with van der Waals surface area (Å²) >= 11 is 0. The van der Waals surface area contributed by atoms with Crippen LogP contribution in [0.3, 0.4) is 0 Å². The monoisotopic (exact) mass is 177 g/mol. The second kappa shape index (κ2) is 8.00. The molecular weight excluding hydrogens is 162 g/mol. The number of hydrogen-bond donors (Lipinski definition) is 3. The van der Waals surface area contributed by atoms with Gasteiger partial charge in [0.05, 0.1) is 0 Å². The van der Waals surface area contributed by atoms with Gasteiger partial charge in [0.2, 0.25) is 0 Å². The molecule has 0 amide bonds. The molecule has 0 rings (SSSR count). The van der Waals surface area contributed by atoms with Crippen LogP contribution in [0.1, 0.15) is 26.7 Å². The van der Waals surface area contributed by atoms with Gasteiger partial charge in [-0.2, -0.15) is 0 Å². The van der Waals surface area contributed by atoms with Crippen LogP contribution in [0, 0.1) is 0 Å². The Balaban J connectivity index is 0. The first-order chi connectivity index (χ1) is 5.54. The van der Waals surface area contributed by atoms with Crippen molar-refractivity contribution in [2.75, 3.05) is 0 Å². The van der Waals surface area contributed by atoms with Gasteiger partial charge >= 0.3 is 11.9 Å². The molecule has 72 valence electrons. The van der Waals surface area contributed by atoms with E-state index in [0.717, 1.165) is 0 Å². The fourth-order valence-electron chi connectivity index (χ4n) is 0.402. The third kappa shape index (κ3) is 8.90. The second-order valence-electron chi connectivity index (χ2n) is 1.88. The van der Waals surface area contributed by atoms with Gasteiger partial charge in [-0.1, -0.05) is 13.8 Å². The molecule has 0 aromatic rings. The minimum absolute atomic E-state index is 0.0231. The summed E-state index contributed by atoms with van der Waals surface area (Å²) < 4.78 is 0. The molecule has 0 saturated heterocycles. The molecule has 1 unspecified atom stereocenters. The average molecular weight is 177 g/mol. The van der Waals surface area contributed by atoms with Crippen molar-refractivity contribution >= 4 is 11.9 Å². The zero-order valence-electron chi connectivity index (χ0n) is 7.28. The van der Waals surface area contributed by atoms with Gasteiger partial charge in [-0.05, 0) is 6.42 Å². The lowest BCUT2D eigenvalue weighted by Crippen LogP contribution is -2.30. The molecule has 0 heterocycles. The highest BCUT2D eigenvalue weighted by Gasteiger charge is 2.12. The molecule has 0 aromatic heterocycles. The highest BCUT2D eigenvalue weighted by molar-refractivity contribution is 5.74. The van der Waals surface area contributed by atoms with E-state index in [1.54, 1.807) is 0 Å². The van der Waals surface area contributed by atoms with Crippen LogP contribution in [0.2, 0.25) is 0 Å². The molecule has 12 heavy (non-hydrogen) atoms. The van der Waals surface area contributed by atoms with Gasteiger partial charge in [0.25, 0.3) is 0 Å². The number of hydrogen-bond acceptors (Lipinski definition) is 3. The second-order valence-corrected chi connectivity index (χ2v) is 1.88. The van der Waals surface area contributed by atoms with Crippen molar-refractivity contribution in [3.8, 4) is 0 Å². The van der Waals surface area contributed by atoms with Crippen molar-refractivity contribution in [1.29, 1.82) is 0 Å². The normalized spacial score (nSPS) is 10.9. The van der Waals surface area contributed by atoms with Gasteiger partial charge in [-0.3, -0.25) is 9.59 Å². The predicted molar refractivity (Wildman–Crippen MR) is 43.8 cm³/mol. The van der Waals surface area contributed by atoms with E-state index in [-0.39, 0.29) is 12.8 Å². The maximum absolute atomic E-state index is 9.99. The number of aliphatic carboxylic acids is 2. The van der Waals surface area contributed by atoms with Gasteiger partial charge in [0, 0.05) is 6.42 Å². The first kappa shape index (κ1) is 13.5. The van der Waals surface area contributed by atoms with E-state index in [1.165, 1.54) is 0 Å². The van der Waals surface area contributed by atoms with Crippen molar-refractivity contribution in [1.82, 2.24) is 0 Å². The van der Waals surface area contributed by atoms with Gasteiger partial charge in [0.1, 0.15) is 6.04 Å². The van der Waals surface area contributed by atoms with Crippen LogP contribution in [-0.2, 0) is 9.59 Å². The Labute approximate surface area is 71.2 Å². The molecule has 5 heteroatoms. The molecule has 0 aliphatic rings. The van der Waals surface area contributed by atoms with Crippen LogP contribution in [-0.4, -0.2) is 28.2 Å². The quantitative estimate of drug-likeness (QED) is 0.573. The van der Waals surface area contributed by atoms with Crippen LogP contribution < -0.4 is 5.73 Å². The lowest BCUT2D eigenvalue weighted by molar-refractivity contribution is -0.139. The first-order valence-electron chi connectivity index (χ1n) is 3.74. The number of nitrogens with two attached hydrogens (primary N) is 1. The van der Waals surface area contributed by atoms with Crippen LogP contribution in [0.25, 0.3) is 0 Å². The van der Waals surface area contributed by atoms with E-state index >= 15 is 0 Å². The van der Waals surface area contributed by atoms with Crippen molar-refractivity contribution < 1.29 is 19.8 Å². The largest absolute Gasteiger partial charge is 0.481 e. The minimum atomic E-state index is -1.17. The Morgan fingerprint density at radius 3 is 2.00 bits per heavy atom. The lowest BCUT2D eigenvalue weighted by Gasteiger charge is -2.01. The van der Waals surface area contributed by atoms with E-state index in [1.807, 2.05) is 13.8 Å². The van der Waals surface area contributed by atoms with Crippen molar-refractivity contribution in [2.24, 2.45) is 5.73 Å². The summed E-state index contributed by atoms with van der Waals surface area (Å²) in [6, 6.07) is -1.06. The highest BCUT2D eigenvalue weighted by Crippen LogP contribution is 1.93. The third-order valence-corrected chi connectivity index (χ3v) is 0.986. The molecule has 1 atom stereocenters. The lowest BCUT2D eigenvalue weighted by atomic mass is 10.2. The summed E-state index contributed by atoms with van der Waals surface area (Å²) in [6.45, 7) is 4.00. The maximum atomic E-state index is 9.99. The zero-order valence-corrected chi connectivity index (χ0v) is 7.28. The van der Waals surface area contributed by atoms with E-state index in [9.17, 15) is 9.59 Å². The molecular formula is C7H15NO4. The summed E-state index contributed by atoms with van der Waals surface area (Å²) in [5.41, 5.74) is 5.00. The minimum Gasteiger partial charge on any atom is -0.481 e. The zero-order chi connectivity index (χ0) is 10.1. The number of rotatable bonds is 4. The summed E-state index contributed by atoms with van der Waals surface area (Å²) in [6.07, 6.45) is -0.224. The van der Waals surface area contributed by atoms with Crippen LogP contribution in [0.15, 0.2) is 0 Å². The molecule has 0 aliphatic heterocycles. The van der Waals surface area contributed by atoms with Crippen molar-refractivity contribution in [3.63, 3.8) is 0 Å². The smallest absolute Gasteiger partial charge is 0.320 e. The molecule has 4 N–H and O–H groups in total. The van der Waals surface area contributed by atoms with Gasteiger partial charge in [-0.25, -0.2) is 0 Å². The fourth-order valence-corrected chi connectivity index (χ4v) is 0.402. The molecule has 0 bridgehead atoms. The van der Waals surface area contributed by atoms with Crippen molar-refractivity contribution in [3.05, 3.63) is 0 Å². The maximum Gasteiger partial charge on any atom is 0.320 e. The Morgan fingerprint density at radius 1 is 1.33 bits per heavy atom. The van der Waals surface area contributed by atoms with Crippen molar-refractivity contribution in [2.45, 2.75) is 32.7 Å². The van der Waals surface area contributed by atoms with E-state index in [0.29, 0.717) is 0 Å². The Kier molecular flexibility index (Phi) is 8.99. The molecule has 0 radical (unpaired) electrons. The number of carbonyl (C=O) groups is 2. The average Bonchev–Trinajstić information content (AvgIpc) is 2.03. The Morgan fingerprint density at radius 2 is 1.75 bits per heavy atom. The summed E-state index contributed by atoms with van der Waals surface area (Å²) in [7, 11) is 0. The number of carboxylic acid groups (broad SMARTS) is 2. The topological polar surface area (TPSA) is 101 Å². The molecule has 0 saturated carbocycles. The number of carboxylic acids is 2. The van der Waals surface area contributed by atoms with Gasteiger partial charge in [0.15, 0.2) is 0 Å². The standard InChI is InChI=1S/C5H9NO4.C2H6/c6-3(5(9)10)1-2-4(7)8;1-2/h3H,1-2,6H2,(H,7,8)(H,9,10);1-2H3. The predicted octanol–water partition coefficient (Wildman–Crippen LogP) is 0.289. The highest BCUT2D eigenvalue weighted by atomic mass is 16.4. The van der Waals surface area contributed by atoms with E-state index in [2.05, 4.69) is 0 Å². The first-order valence-corrected chi connectivity index (χ1v) is 3.74. The van der Waals surface area contributed by atoms with Gasteiger partial charge < -0.3 is 15.9 Å². The van der Waals surface area contributed by atoms with Gasteiger partial charge in [-0.15, -0.1) is 0 Å². The molecule has 0 spiro atoms. The summed E-state index contributed by atoms with van der Waals surface area (Å²) in [5.74, 6) is -2.20. The molecule has 0 fully saturated rings. The molecule has 0 aromatic carbocycles. The summed E-state index contributed by atoms with van der Waals surface area (Å²) in [5, 5.41) is 16.3.